The zero-order valence-corrected chi connectivity index (χ0v) is 14.3. The highest BCUT2D eigenvalue weighted by molar-refractivity contribution is 5.88. The highest BCUT2D eigenvalue weighted by atomic mass is 16.5. The monoisotopic (exact) mass is 308 g/mol. The number of amides is 2. The van der Waals surface area contributed by atoms with Crippen LogP contribution in [0.4, 0.5) is 10.6 Å². The highest BCUT2D eigenvalue weighted by Crippen LogP contribution is 2.24. The van der Waals surface area contributed by atoms with Gasteiger partial charge in [-0.15, -0.1) is 0 Å². The molecule has 2 rings (SSSR count). The quantitative estimate of drug-likeness (QED) is 0.932. The lowest BCUT2D eigenvalue weighted by Gasteiger charge is -2.32. The van der Waals surface area contributed by atoms with Crippen LogP contribution in [-0.4, -0.2) is 54.7 Å². The summed E-state index contributed by atoms with van der Waals surface area (Å²) in [5.74, 6) is 1.78. The highest BCUT2D eigenvalue weighted by Gasteiger charge is 2.23. The Bertz CT molecular complexity index is 506. The first kappa shape index (κ1) is 16.8. The van der Waals surface area contributed by atoms with Crippen LogP contribution < -0.4 is 5.32 Å². The minimum atomic E-state index is -0.137. The van der Waals surface area contributed by atoms with E-state index in [1.165, 1.54) is 12.8 Å². The third kappa shape index (κ3) is 4.47. The molecule has 0 aromatic carbocycles. The average Bonchev–Trinajstić information content (AvgIpc) is 2.87. The number of urea groups is 1. The Hall–Kier alpha value is -1.56. The van der Waals surface area contributed by atoms with Crippen molar-refractivity contribution in [2.45, 2.75) is 39.0 Å². The lowest BCUT2D eigenvalue weighted by molar-refractivity contribution is 0.169. The summed E-state index contributed by atoms with van der Waals surface area (Å²) < 4.78 is 5.28. The zero-order chi connectivity index (χ0) is 16.3. The number of carbonyl (C=O) groups is 1. The van der Waals surface area contributed by atoms with Gasteiger partial charge in [-0.25, -0.2) is 4.79 Å². The van der Waals surface area contributed by atoms with Gasteiger partial charge in [-0.3, -0.25) is 5.32 Å². The molecule has 1 N–H and O–H groups in total. The predicted molar refractivity (Wildman–Crippen MR) is 87.1 cm³/mol. The van der Waals surface area contributed by atoms with E-state index in [4.69, 9.17) is 4.52 Å². The largest absolute Gasteiger partial charge is 0.359 e. The van der Waals surface area contributed by atoms with Crippen LogP contribution in [0.15, 0.2) is 10.6 Å². The lowest BCUT2D eigenvalue weighted by atomic mass is 9.93. The molecule has 0 aliphatic carbocycles. The van der Waals surface area contributed by atoms with Crippen molar-refractivity contribution in [3.05, 3.63) is 11.8 Å². The second kappa shape index (κ2) is 6.69. The van der Waals surface area contributed by atoms with Crippen LogP contribution in [0.3, 0.4) is 0 Å². The normalized spacial score (nSPS) is 20.0. The van der Waals surface area contributed by atoms with Crippen LogP contribution >= 0.6 is 0 Å². The number of rotatable bonds is 3. The van der Waals surface area contributed by atoms with E-state index < -0.39 is 0 Å². The topological polar surface area (TPSA) is 61.6 Å². The van der Waals surface area contributed by atoms with Crippen molar-refractivity contribution in [1.82, 2.24) is 15.0 Å². The van der Waals surface area contributed by atoms with Crippen molar-refractivity contribution >= 4 is 11.8 Å². The van der Waals surface area contributed by atoms with Gasteiger partial charge in [0.15, 0.2) is 5.82 Å². The van der Waals surface area contributed by atoms with E-state index in [1.807, 2.05) is 27.8 Å². The van der Waals surface area contributed by atoms with Gasteiger partial charge in [-0.05, 0) is 32.4 Å². The fraction of sp³-hybridized carbons (Fsp3) is 0.750. The van der Waals surface area contributed by atoms with Gasteiger partial charge < -0.3 is 14.3 Å². The number of nitrogens with one attached hydrogen (secondary N) is 1. The molecular formula is C16H28N4O2. The standard InChI is InChI=1S/C16H28N4O2/c1-16(2,3)13-9-14(18-22-13)17-15(21)20(5)11-12-7-6-8-19(4)10-12/h9,12H,6-8,10-11H2,1-5H3,(H,17,18,21). The molecule has 1 aromatic rings. The molecule has 1 atom stereocenters. The summed E-state index contributed by atoms with van der Waals surface area (Å²) in [5.41, 5.74) is -0.117. The van der Waals surface area contributed by atoms with Gasteiger partial charge in [0.25, 0.3) is 0 Å². The molecule has 1 aromatic heterocycles. The Morgan fingerprint density at radius 1 is 1.55 bits per heavy atom. The van der Waals surface area contributed by atoms with Crippen LogP contribution in [0.25, 0.3) is 0 Å². The zero-order valence-electron chi connectivity index (χ0n) is 14.3. The van der Waals surface area contributed by atoms with Crippen molar-refractivity contribution in [1.29, 1.82) is 0 Å². The van der Waals surface area contributed by atoms with Crippen molar-refractivity contribution < 1.29 is 9.32 Å². The maximum atomic E-state index is 12.2. The Balaban J connectivity index is 1.87. The number of hydrogen-bond donors (Lipinski definition) is 1. The SMILES string of the molecule is CN1CCCC(CN(C)C(=O)Nc2cc(C(C)(C)C)on2)C1. The maximum Gasteiger partial charge on any atom is 0.322 e. The summed E-state index contributed by atoms with van der Waals surface area (Å²) in [5, 5.41) is 6.73. The van der Waals surface area contributed by atoms with Gasteiger partial charge in [-0.1, -0.05) is 25.9 Å². The number of hydrogen-bond acceptors (Lipinski definition) is 4. The summed E-state index contributed by atoms with van der Waals surface area (Å²) in [6.07, 6.45) is 2.38. The van der Waals surface area contributed by atoms with E-state index in [1.54, 1.807) is 11.0 Å². The first-order valence-corrected chi connectivity index (χ1v) is 7.93. The van der Waals surface area contributed by atoms with E-state index in [0.717, 1.165) is 25.4 Å². The Morgan fingerprint density at radius 2 is 2.27 bits per heavy atom. The first-order chi connectivity index (χ1) is 10.3. The van der Waals surface area contributed by atoms with Crippen LogP contribution in [0.2, 0.25) is 0 Å². The van der Waals surface area contributed by atoms with Crippen LogP contribution in [0.1, 0.15) is 39.4 Å². The minimum Gasteiger partial charge on any atom is -0.359 e. The summed E-state index contributed by atoms with van der Waals surface area (Å²) >= 11 is 0. The first-order valence-electron chi connectivity index (χ1n) is 7.93. The summed E-state index contributed by atoms with van der Waals surface area (Å²) in [6.45, 7) is 9.11. The number of piperidine rings is 1. The van der Waals surface area contributed by atoms with E-state index in [-0.39, 0.29) is 11.4 Å². The molecule has 6 heteroatoms. The van der Waals surface area contributed by atoms with E-state index in [9.17, 15) is 4.79 Å². The lowest BCUT2D eigenvalue weighted by Crippen LogP contribution is -2.41. The molecule has 0 saturated carbocycles. The molecule has 1 unspecified atom stereocenters. The third-order valence-corrected chi connectivity index (χ3v) is 4.09. The molecule has 124 valence electrons. The van der Waals surface area contributed by atoms with Gasteiger partial charge in [0.1, 0.15) is 5.76 Å². The molecule has 1 aliphatic heterocycles. The van der Waals surface area contributed by atoms with Gasteiger partial charge in [-0.2, -0.15) is 0 Å². The summed E-state index contributed by atoms with van der Waals surface area (Å²) in [6, 6.07) is 1.65. The molecule has 0 spiro atoms. The van der Waals surface area contributed by atoms with Gasteiger partial charge in [0.2, 0.25) is 0 Å². The number of aromatic nitrogens is 1. The second-order valence-electron chi connectivity index (χ2n) is 7.41. The molecule has 0 bridgehead atoms. The number of likely N-dealkylation sites (tertiary alicyclic amines) is 1. The minimum absolute atomic E-state index is 0.117. The summed E-state index contributed by atoms with van der Waals surface area (Å²) in [4.78, 5) is 16.3. The number of nitrogens with zero attached hydrogens (tertiary/aromatic N) is 3. The Morgan fingerprint density at radius 3 is 2.86 bits per heavy atom. The van der Waals surface area contributed by atoms with Crippen molar-refractivity contribution in [2.75, 3.05) is 39.0 Å². The van der Waals surface area contributed by atoms with Crippen LogP contribution in [0, 0.1) is 5.92 Å². The molecule has 2 amide bonds. The van der Waals surface area contributed by atoms with Crippen LogP contribution in [0.5, 0.6) is 0 Å². The van der Waals surface area contributed by atoms with Crippen molar-refractivity contribution in [2.24, 2.45) is 5.92 Å². The predicted octanol–water partition coefficient (Wildman–Crippen LogP) is 2.78. The molecule has 0 radical (unpaired) electrons. The van der Waals surface area contributed by atoms with E-state index in [0.29, 0.717) is 11.7 Å². The molecule has 2 heterocycles. The summed E-state index contributed by atoms with van der Waals surface area (Å²) in [7, 11) is 3.96. The molecule has 22 heavy (non-hydrogen) atoms. The van der Waals surface area contributed by atoms with Gasteiger partial charge in [0.05, 0.1) is 0 Å². The van der Waals surface area contributed by atoms with E-state index in [2.05, 4.69) is 22.4 Å². The maximum absolute atomic E-state index is 12.2. The van der Waals surface area contributed by atoms with Crippen LogP contribution in [-0.2, 0) is 5.41 Å². The smallest absolute Gasteiger partial charge is 0.322 e. The average molecular weight is 308 g/mol. The van der Waals surface area contributed by atoms with Gasteiger partial charge >= 0.3 is 6.03 Å². The Kier molecular flexibility index (Phi) is 5.11. The number of anilines is 1. The van der Waals surface area contributed by atoms with Crippen molar-refractivity contribution in [3.63, 3.8) is 0 Å². The second-order valence-corrected chi connectivity index (χ2v) is 7.41. The molecule has 1 fully saturated rings. The number of carbonyl (C=O) groups excluding carboxylic acids is 1. The van der Waals surface area contributed by atoms with E-state index >= 15 is 0 Å². The molecule has 1 aliphatic rings. The fourth-order valence-electron chi connectivity index (χ4n) is 2.79. The van der Waals surface area contributed by atoms with Crippen molar-refractivity contribution in [3.8, 4) is 0 Å². The Labute approximate surface area is 132 Å². The molecule has 6 nitrogen and oxygen atoms in total. The molecule has 1 saturated heterocycles. The third-order valence-electron chi connectivity index (χ3n) is 4.09. The molecular weight excluding hydrogens is 280 g/mol. The van der Waals surface area contributed by atoms with Gasteiger partial charge in [0, 0.05) is 31.6 Å². The fourth-order valence-corrected chi connectivity index (χ4v) is 2.79.